The fourth-order valence-electron chi connectivity index (χ4n) is 4.05. The van der Waals surface area contributed by atoms with Crippen LogP contribution in [0, 0.1) is 20.8 Å². The Kier molecular flexibility index (Phi) is 4.91. The Balaban J connectivity index is 2.07. The molecular formula is C26H28N3+. The van der Waals surface area contributed by atoms with Crippen LogP contribution in [0.1, 0.15) is 42.3 Å². The summed E-state index contributed by atoms with van der Waals surface area (Å²) in [5, 5.41) is 1.21. The van der Waals surface area contributed by atoms with Crippen molar-refractivity contribution in [3.63, 3.8) is 0 Å². The minimum atomic E-state index is 0.318. The minimum absolute atomic E-state index is 0.318. The third-order valence-electron chi connectivity index (χ3n) is 5.75. The molecule has 4 rings (SSSR count). The molecule has 0 aliphatic heterocycles. The van der Waals surface area contributed by atoms with E-state index < -0.39 is 0 Å². The lowest BCUT2D eigenvalue weighted by Gasteiger charge is -2.14. The molecule has 0 N–H and O–H groups in total. The topological polar surface area (TPSA) is 29.7 Å². The molecule has 3 heteroatoms. The number of hydrogen-bond acceptors (Lipinski definition) is 2. The van der Waals surface area contributed by atoms with Crippen LogP contribution in [0.25, 0.3) is 33.3 Å². The van der Waals surface area contributed by atoms with Crippen molar-refractivity contribution in [3.8, 4) is 22.4 Å². The second-order valence-electron chi connectivity index (χ2n) is 8.26. The Bertz CT molecular complexity index is 1210. The van der Waals surface area contributed by atoms with Crippen LogP contribution in [0.5, 0.6) is 0 Å². The SMILES string of the molecule is Cc1cc(C)c(C)c(-c2c(-c3cnc(C(C)C)nc3)cc3ccccc3[n+]2C)c1. The first-order valence-electron chi connectivity index (χ1n) is 10.2. The lowest BCUT2D eigenvalue weighted by Crippen LogP contribution is -2.33. The predicted molar refractivity (Wildman–Crippen MR) is 120 cm³/mol. The molecule has 2 aromatic heterocycles. The van der Waals surface area contributed by atoms with Gasteiger partial charge in [-0.25, -0.2) is 9.97 Å². The van der Waals surface area contributed by atoms with E-state index >= 15 is 0 Å². The fourth-order valence-corrected chi connectivity index (χ4v) is 4.05. The van der Waals surface area contributed by atoms with E-state index in [0.717, 1.165) is 17.0 Å². The van der Waals surface area contributed by atoms with E-state index in [1.54, 1.807) is 0 Å². The maximum absolute atomic E-state index is 4.64. The zero-order valence-electron chi connectivity index (χ0n) is 18.1. The van der Waals surface area contributed by atoms with Crippen LogP contribution in [0.3, 0.4) is 0 Å². The molecule has 0 aliphatic rings. The number of fused-ring (bicyclic) bond motifs is 1. The average Bonchev–Trinajstić information content (AvgIpc) is 2.71. The Morgan fingerprint density at radius 2 is 1.55 bits per heavy atom. The van der Waals surface area contributed by atoms with Gasteiger partial charge >= 0.3 is 0 Å². The molecule has 0 unspecified atom stereocenters. The van der Waals surface area contributed by atoms with E-state index in [-0.39, 0.29) is 0 Å². The van der Waals surface area contributed by atoms with Gasteiger partial charge in [-0.3, -0.25) is 0 Å². The second kappa shape index (κ2) is 7.40. The van der Waals surface area contributed by atoms with Gasteiger partial charge in [-0.2, -0.15) is 4.57 Å². The van der Waals surface area contributed by atoms with Gasteiger partial charge in [0, 0.05) is 35.3 Å². The summed E-state index contributed by atoms with van der Waals surface area (Å²) in [6, 6.07) is 15.3. The number of para-hydroxylation sites is 1. The van der Waals surface area contributed by atoms with Crippen LogP contribution in [-0.2, 0) is 7.05 Å². The molecule has 3 nitrogen and oxygen atoms in total. The van der Waals surface area contributed by atoms with E-state index in [0.29, 0.717) is 5.92 Å². The van der Waals surface area contributed by atoms with Crippen LogP contribution in [0.2, 0.25) is 0 Å². The van der Waals surface area contributed by atoms with Crippen LogP contribution in [0.4, 0.5) is 0 Å². The average molecular weight is 383 g/mol. The molecule has 0 atom stereocenters. The smallest absolute Gasteiger partial charge is 0.221 e. The third kappa shape index (κ3) is 3.42. The molecular weight excluding hydrogens is 354 g/mol. The molecule has 0 saturated heterocycles. The van der Waals surface area contributed by atoms with E-state index in [4.69, 9.17) is 0 Å². The van der Waals surface area contributed by atoms with Crippen LogP contribution < -0.4 is 4.57 Å². The highest BCUT2D eigenvalue weighted by molar-refractivity contribution is 5.88. The van der Waals surface area contributed by atoms with Gasteiger partial charge in [-0.05, 0) is 50.1 Å². The number of pyridine rings is 1. The summed E-state index contributed by atoms with van der Waals surface area (Å²) < 4.78 is 2.31. The zero-order valence-corrected chi connectivity index (χ0v) is 18.1. The van der Waals surface area contributed by atoms with Crippen molar-refractivity contribution >= 4 is 10.9 Å². The van der Waals surface area contributed by atoms with Gasteiger partial charge in [0.1, 0.15) is 12.9 Å². The summed E-state index contributed by atoms with van der Waals surface area (Å²) in [4.78, 5) is 9.27. The molecule has 4 aromatic rings. The van der Waals surface area contributed by atoms with Gasteiger partial charge in [0.2, 0.25) is 11.2 Å². The summed E-state index contributed by atoms with van der Waals surface area (Å²) in [5.41, 5.74) is 9.78. The molecule has 0 bridgehead atoms. The molecule has 0 fully saturated rings. The predicted octanol–water partition coefficient (Wildman–Crippen LogP) is 5.84. The highest BCUT2D eigenvalue weighted by atomic mass is 14.9. The Morgan fingerprint density at radius 1 is 0.862 bits per heavy atom. The van der Waals surface area contributed by atoms with Gasteiger partial charge < -0.3 is 0 Å². The number of rotatable bonds is 3. The number of benzene rings is 2. The molecule has 2 heterocycles. The molecule has 0 radical (unpaired) electrons. The summed E-state index contributed by atoms with van der Waals surface area (Å²) in [6.07, 6.45) is 3.93. The van der Waals surface area contributed by atoms with E-state index in [9.17, 15) is 0 Å². The first kappa shape index (κ1) is 19.3. The zero-order chi connectivity index (χ0) is 20.7. The van der Waals surface area contributed by atoms with Gasteiger partial charge in [-0.1, -0.05) is 37.6 Å². The van der Waals surface area contributed by atoms with Crippen LogP contribution in [0.15, 0.2) is 54.9 Å². The maximum atomic E-state index is 4.64. The molecule has 2 aromatic carbocycles. The van der Waals surface area contributed by atoms with E-state index in [1.807, 2.05) is 12.4 Å². The minimum Gasteiger partial charge on any atom is -0.240 e. The quantitative estimate of drug-likeness (QED) is 0.417. The molecule has 0 amide bonds. The van der Waals surface area contributed by atoms with Crippen molar-refractivity contribution < 1.29 is 4.57 Å². The highest BCUT2D eigenvalue weighted by Crippen LogP contribution is 2.35. The summed E-state index contributed by atoms with van der Waals surface area (Å²) in [6.45, 7) is 10.8. The van der Waals surface area contributed by atoms with E-state index in [2.05, 4.69) is 98.7 Å². The highest BCUT2D eigenvalue weighted by Gasteiger charge is 2.24. The van der Waals surface area contributed by atoms with Gasteiger partial charge in [-0.15, -0.1) is 0 Å². The number of nitrogens with zero attached hydrogens (tertiary/aromatic N) is 3. The molecule has 29 heavy (non-hydrogen) atoms. The number of aryl methyl sites for hydroxylation is 3. The normalized spacial score (nSPS) is 11.4. The number of aromatic nitrogens is 3. The standard InChI is InChI=1S/C26H28N3/c1-16(2)26-27-14-21(15-28-26)23-13-20-9-7-8-10-24(20)29(6)25(23)22-12-17(3)11-18(4)19(22)5/h7-16H,1-6H3/q+1. The molecule has 0 saturated carbocycles. The van der Waals surface area contributed by atoms with Gasteiger partial charge in [0.05, 0.1) is 11.1 Å². The summed E-state index contributed by atoms with van der Waals surface area (Å²) >= 11 is 0. The van der Waals surface area contributed by atoms with Gasteiger partial charge in [0.25, 0.3) is 0 Å². The Hall–Kier alpha value is -3.07. The van der Waals surface area contributed by atoms with Crippen molar-refractivity contribution in [2.45, 2.75) is 40.5 Å². The maximum Gasteiger partial charge on any atom is 0.221 e. The van der Waals surface area contributed by atoms with Crippen molar-refractivity contribution in [2.24, 2.45) is 7.05 Å². The summed E-state index contributed by atoms with van der Waals surface area (Å²) in [7, 11) is 2.15. The lowest BCUT2D eigenvalue weighted by molar-refractivity contribution is -0.633. The summed E-state index contributed by atoms with van der Waals surface area (Å²) in [5.74, 6) is 1.20. The van der Waals surface area contributed by atoms with Crippen molar-refractivity contribution in [1.82, 2.24) is 9.97 Å². The molecule has 146 valence electrons. The van der Waals surface area contributed by atoms with Gasteiger partial charge in [0.15, 0.2) is 0 Å². The first-order valence-corrected chi connectivity index (χ1v) is 10.2. The van der Waals surface area contributed by atoms with E-state index in [1.165, 1.54) is 38.9 Å². The second-order valence-corrected chi connectivity index (χ2v) is 8.26. The van der Waals surface area contributed by atoms with Crippen molar-refractivity contribution in [2.75, 3.05) is 0 Å². The fraction of sp³-hybridized carbons (Fsp3) is 0.269. The number of hydrogen-bond donors (Lipinski definition) is 0. The van der Waals surface area contributed by atoms with Crippen LogP contribution >= 0.6 is 0 Å². The Labute approximate surface area is 173 Å². The monoisotopic (exact) mass is 382 g/mol. The lowest BCUT2D eigenvalue weighted by atomic mass is 9.92. The van der Waals surface area contributed by atoms with Crippen molar-refractivity contribution in [3.05, 3.63) is 77.4 Å². The largest absolute Gasteiger partial charge is 0.240 e. The third-order valence-corrected chi connectivity index (χ3v) is 5.75. The first-order chi connectivity index (χ1) is 13.9. The molecule has 0 spiro atoms. The Morgan fingerprint density at radius 3 is 2.24 bits per heavy atom. The van der Waals surface area contributed by atoms with Crippen LogP contribution in [-0.4, -0.2) is 9.97 Å². The molecule has 0 aliphatic carbocycles. The van der Waals surface area contributed by atoms with Crippen molar-refractivity contribution in [1.29, 1.82) is 0 Å².